The second-order valence-corrected chi connectivity index (χ2v) is 5.27. The molecule has 0 aromatic heterocycles. The van der Waals surface area contributed by atoms with Crippen molar-refractivity contribution < 1.29 is 13.6 Å². The van der Waals surface area contributed by atoms with Crippen LogP contribution in [0.15, 0.2) is 36.4 Å². The minimum Gasteiger partial charge on any atom is -0.317 e. The molecule has 0 spiro atoms. The molecule has 0 heterocycles. The molecule has 0 saturated heterocycles. The minimum atomic E-state index is -0.828. The van der Waals surface area contributed by atoms with Crippen molar-refractivity contribution in [2.75, 3.05) is 5.32 Å². The number of benzene rings is 2. The number of nitrogens with one attached hydrogen (secondary N) is 1. The fraction of sp³-hybridized carbons (Fsp3) is 0. The summed E-state index contributed by atoms with van der Waals surface area (Å²) in [6.45, 7) is 0. The Hall–Kier alpha value is -1.21. The van der Waals surface area contributed by atoms with Crippen molar-refractivity contribution in [1.82, 2.24) is 0 Å². The number of halogens is 4. The number of carbonyl (C=O) groups excluding carboxylic acids is 1. The van der Waals surface area contributed by atoms with Crippen molar-refractivity contribution in [2.24, 2.45) is 0 Å². The topological polar surface area (TPSA) is 29.1 Å². The van der Waals surface area contributed by atoms with Crippen LogP contribution in [0.25, 0.3) is 0 Å². The van der Waals surface area contributed by atoms with Gasteiger partial charge in [0.1, 0.15) is 17.3 Å². The molecule has 2 nitrogen and oxygen atoms in total. The van der Waals surface area contributed by atoms with Crippen LogP contribution < -0.4 is 5.32 Å². The number of carbonyl (C=O) groups is 1. The van der Waals surface area contributed by atoms with E-state index in [-0.39, 0.29) is 5.56 Å². The van der Waals surface area contributed by atoms with Gasteiger partial charge in [-0.1, -0.05) is 17.7 Å². The van der Waals surface area contributed by atoms with Crippen LogP contribution in [0.5, 0.6) is 0 Å². The molecule has 19 heavy (non-hydrogen) atoms. The summed E-state index contributed by atoms with van der Waals surface area (Å²) in [6.07, 6.45) is 0. The van der Waals surface area contributed by atoms with Crippen LogP contribution in [-0.2, 0) is 0 Å². The Labute approximate surface area is 126 Å². The van der Waals surface area contributed by atoms with Crippen molar-refractivity contribution in [3.8, 4) is 0 Å². The molecule has 0 aliphatic heterocycles. The Morgan fingerprint density at radius 1 is 1.16 bits per heavy atom. The molecule has 0 aliphatic rings. The molecular weight excluding hydrogens is 387 g/mol. The second-order valence-electron chi connectivity index (χ2n) is 3.67. The fourth-order valence-electron chi connectivity index (χ4n) is 1.47. The molecule has 2 aromatic carbocycles. The minimum absolute atomic E-state index is 0.260. The Morgan fingerprint density at radius 3 is 2.42 bits per heavy atom. The summed E-state index contributed by atoms with van der Waals surface area (Å²) in [5.74, 6) is -2.27. The molecule has 0 aliphatic carbocycles. The standard InChI is InChI=1S/C13H7ClF2INO/c14-7-4-5-11(17)8(6-7)13(19)18-12-9(15)2-1-3-10(12)16/h1-6H,(H,18,19). The SMILES string of the molecule is O=C(Nc1c(F)cccc1F)c1cc(Cl)ccc1I. The van der Waals surface area contributed by atoms with Crippen LogP contribution in [0, 0.1) is 15.2 Å². The van der Waals surface area contributed by atoms with Gasteiger partial charge in [-0.3, -0.25) is 4.79 Å². The molecule has 0 saturated carbocycles. The monoisotopic (exact) mass is 393 g/mol. The van der Waals surface area contributed by atoms with Gasteiger partial charge in [0.2, 0.25) is 0 Å². The third kappa shape index (κ3) is 3.22. The van der Waals surface area contributed by atoms with E-state index in [1.165, 1.54) is 12.1 Å². The summed E-state index contributed by atoms with van der Waals surface area (Å²) in [5.41, 5.74) is -0.209. The normalized spacial score (nSPS) is 10.3. The van der Waals surface area contributed by atoms with E-state index in [0.29, 0.717) is 8.59 Å². The third-order valence-corrected chi connectivity index (χ3v) is 3.55. The van der Waals surface area contributed by atoms with Gasteiger partial charge < -0.3 is 5.32 Å². The van der Waals surface area contributed by atoms with Gasteiger partial charge in [0.05, 0.1) is 5.56 Å². The van der Waals surface area contributed by atoms with Crippen LogP contribution >= 0.6 is 34.2 Å². The number of rotatable bonds is 2. The molecule has 98 valence electrons. The Bertz CT molecular complexity index is 628. The van der Waals surface area contributed by atoms with Crippen LogP contribution in [0.1, 0.15) is 10.4 Å². The molecule has 6 heteroatoms. The highest BCUT2D eigenvalue weighted by molar-refractivity contribution is 14.1. The molecule has 2 rings (SSSR count). The lowest BCUT2D eigenvalue weighted by molar-refractivity contribution is 0.102. The first-order valence-electron chi connectivity index (χ1n) is 5.19. The lowest BCUT2D eigenvalue weighted by Gasteiger charge is -2.09. The van der Waals surface area contributed by atoms with Crippen molar-refractivity contribution in [2.45, 2.75) is 0 Å². The van der Waals surface area contributed by atoms with E-state index < -0.39 is 23.2 Å². The fourth-order valence-corrected chi connectivity index (χ4v) is 2.22. The van der Waals surface area contributed by atoms with E-state index in [9.17, 15) is 13.6 Å². The first kappa shape index (κ1) is 14.2. The maximum atomic E-state index is 13.4. The Kier molecular flexibility index (Phi) is 4.36. The average Bonchev–Trinajstić information content (AvgIpc) is 2.37. The predicted octanol–water partition coefficient (Wildman–Crippen LogP) is 4.48. The molecule has 1 N–H and O–H groups in total. The molecular formula is C13H7ClF2INO. The quantitative estimate of drug-likeness (QED) is 0.749. The smallest absolute Gasteiger partial charge is 0.256 e. The van der Waals surface area contributed by atoms with Crippen molar-refractivity contribution in [3.63, 3.8) is 0 Å². The van der Waals surface area contributed by atoms with Gasteiger partial charge >= 0.3 is 0 Å². The van der Waals surface area contributed by atoms with E-state index in [4.69, 9.17) is 11.6 Å². The zero-order valence-corrected chi connectivity index (χ0v) is 12.3. The van der Waals surface area contributed by atoms with Gasteiger partial charge in [0, 0.05) is 8.59 Å². The summed E-state index contributed by atoms with van der Waals surface area (Å²) in [5, 5.41) is 2.59. The van der Waals surface area contributed by atoms with E-state index in [1.807, 2.05) is 22.6 Å². The maximum absolute atomic E-state index is 13.4. The van der Waals surface area contributed by atoms with Crippen molar-refractivity contribution in [3.05, 3.63) is 62.2 Å². The highest BCUT2D eigenvalue weighted by atomic mass is 127. The van der Waals surface area contributed by atoms with Crippen molar-refractivity contribution >= 4 is 45.8 Å². The number of amides is 1. The Balaban J connectivity index is 2.34. The molecule has 0 unspecified atom stereocenters. The average molecular weight is 394 g/mol. The van der Waals surface area contributed by atoms with E-state index in [2.05, 4.69) is 5.32 Å². The largest absolute Gasteiger partial charge is 0.317 e. The van der Waals surface area contributed by atoms with Crippen LogP contribution in [0.2, 0.25) is 5.02 Å². The van der Waals surface area contributed by atoms with E-state index in [1.54, 1.807) is 12.1 Å². The van der Waals surface area contributed by atoms with Gasteiger partial charge in [-0.05, 0) is 52.9 Å². The lowest BCUT2D eigenvalue weighted by Crippen LogP contribution is -2.15. The lowest BCUT2D eigenvalue weighted by atomic mass is 10.2. The molecule has 0 fully saturated rings. The summed E-state index contributed by atoms with van der Waals surface area (Å²) in [6, 6.07) is 8.09. The highest BCUT2D eigenvalue weighted by Gasteiger charge is 2.15. The van der Waals surface area contributed by atoms with Crippen LogP contribution in [0.4, 0.5) is 14.5 Å². The van der Waals surface area contributed by atoms with E-state index >= 15 is 0 Å². The first-order valence-corrected chi connectivity index (χ1v) is 6.65. The number of anilines is 1. The van der Waals surface area contributed by atoms with E-state index in [0.717, 1.165) is 12.1 Å². The third-order valence-electron chi connectivity index (χ3n) is 2.37. The van der Waals surface area contributed by atoms with Gasteiger partial charge in [-0.15, -0.1) is 0 Å². The summed E-state index contributed by atoms with van der Waals surface area (Å²) in [4.78, 5) is 12.0. The summed E-state index contributed by atoms with van der Waals surface area (Å²) < 4.78 is 27.5. The molecule has 0 bridgehead atoms. The molecule has 0 atom stereocenters. The van der Waals surface area contributed by atoms with Crippen molar-refractivity contribution in [1.29, 1.82) is 0 Å². The molecule has 0 radical (unpaired) electrons. The Morgan fingerprint density at radius 2 is 1.79 bits per heavy atom. The second kappa shape index (κ2) is 5.83. The van der Waals surface area contributed by atoms with Gasteiger partial charge in [0.25, 0.3) is 5.91 Å². The van der Waals surface area contributed by atoms with Gasteiger partial charge in [-0.25, -0.2) is 8.78 Å². The zero-order chi connectivity index (χ0) is 14.0. The zero-order valence-electron chi connectivity index (χ0n) is 9.38. The number of para-hydroxylation sites is 1. The predicted molar refractivity (Wildman–Crippen MR) is 78.5 cm³/mol. The van der Waals surface area contributed by atoms with Gasteiger partial charge in [-0.2, -0.15) is 0 Å². The molecule has 1 amide bonds. The van der Waals surface area contributed by atoms with Crippen LogP contribution in [-0.4, -0.2) is 5.91 Å². The first-order chi connectivity index (χ1) is 8.99. The number of hydrogen-bond acceptors (Lipinski definition) is 1. The van der Waals surface area contributed by atoms with Gasteiger partial charge in [0.15, 0.2) is 0 Å². The maximum Gasteiger partial charge on any atom is 0.256 e. The summed E-state index contributed by atoms with van der Waals surface area (Å²) in [7, 11) is 0. The molecule has 2 aromatic rings. The summed E-state index contributed by atoms with van der Waals surface area (Å²) >= 11 is 7.74. The number of hydrogen-bond donors (Lipinski definition) is 1. The highest BCUT2D eigenvalue weighted by Crippen LogP contribution is 2.22. The van der Waals surface area contributed by atoms with Crippen LogP contribution in [0.3, 0.4) is 0 Å².